The first-order chi connectivity index (χ1) is 10.5. The van der Waals surface area contributed by atoms with Crippen molar-refractivity contribution in [3.63, 3.8) is 0 Å². The second kappa shape index (κ2) is 7.60. The number of benzene rings is 1. The summed E-state index contributed by atoms with van der Waals surface area (Å²) in [5.74, 6) is -0.0444. The van der Waals surface area contributed by atoms with Crippen LogP contribution >= 0.6 is 35.6 Å². The van der Waals surface area contributed by atoms with Crippen molar-refractivity contribution in [3.8, 4) is 0 Å². The van der Waals surface area contributed by atoms with Gasteiger partial charge in [0.1, 0.15) is 0 Å². The minimum Gasteiger partial charge on any atom is -0.342 e. The summed E-state index contributed by atoms with van der Waals surface area (Å²) < 4.78 is 0. The van der Waals surface area contributed by atoms with Crippen LogP contribution in [0.4, 0.5) is 0 Å². The molecule has 2 aliphatic rings. The SMILES string of the molecule is CC(C(=O)N(C)C1CC2CCC(C1)N2)c1ccc(Cl)c(Cl)c1.Cl. The number of hydrogen-bond acceptors (Lipinski definition) is 2. The van der Waals surface area contributed by atoms with Gasteiger partial charge < -0.3 is 10.2 Å². The number of fused-ring (bicyclic) bond motifs is 2. The summed E-state index contributed by atoms with van der Waals surface area (Å²) in [6.45, 7) is 1.94. The van der Waals surface area contributed by atoms with Crippen molar-refractivity contribution in [2.45, 2.75) is 56.7 Å². The third kappa shape index (κ3) is 3.96. The van der Waals surface area contributed by atoms with Gasteiger partial charge in [0.25, 0.3) is 0 Å². The van der Waals surface area contributed by atoms with Gasteiger partial charge in [-0.2, -0.15) is 0 Å². The smallest absolute Gasteiger partial charge is 0.229 e. The van der Waals surface area contributed by atoms with Gasteiger partial charge in [-0.25, -0.2) is 0 Å². The van der Waals surface area contributed by atoms with Crippen LogP contribution in [0.5, 0.6) is 0 Å². The first kappa shape index (κ1) is 18.9. The Kier molecular flexibility index (Phi) is 6.23. The lowest BCUT2D eigenvalue weighted by atomic mass is 9.95. The van der Waals surface area contributed by atoms with Gasteiger partial charge in [0.2, 0.25) is 5.91 Å². The molecular formula is C17H23Cl3N2O. The van der Waals surface area contributed by atoms with E-state index in [1.54, 1.807) is 12.1 Å². The number of piperidine rings is 1. The average molecular weight is 378 g/mol. The fourth-order valence-electron chi connectivity index (χ4n) is 3.75. The van der Waals surface area contributed by atoms with Crippen LogP contribution in [0.3, 0.4) is 0 Å². The van der Waals surface area contributed by atoms with E-state index in [9.17, 15) is 4.79 Å². The first-order valence-corrected chi connectivity index (χ1v) is 8.69. The normalized spacial score (nSPS) is 27.2. The zero-order chi connectivity index (χ0) is 15.9. The van der Waals surface area contributed by atoms with E-state index in [4.69, 9.17) is 23.2 Å². The maximum absolute atomic E-state index is 12.8. The molecule has 3 rings (SSSR count). The van der Waals surface area contributed by atoms with E-state index in [2.05, 4.69) is 5.32 Å². The number of nitrogens with one attached hydrogen (secondary N) is 1. The van der Waals surface area contributed by atoms with Gasteiger partial charge in [-0.3, -0.25) is 4.79 Å². The molecular weight excluding hydrogens is 355 g/mol. The number of halogens is 3. The molecule has 1 aromatic rings. The molecule has 128 valence electrons. The highest BCUT2D eigenvalue weighted by Crippen LogP contribution is 2.32. The number of likely N-dealkylation sites (N-methyl/N-ethyl adjacent to an activating group) is 1. The zero-order valence-electron chi connectivity index (χ0n) is 13.4. The van der Waals surface area contributed by atoms with Crippen LogP contribution in [0.2, 0.25) is 10.0 Å². The van der Waals surface area contributed by atoms with Gasteiger partial charge in [0, 0.05) is 25.2 Å². The van der Waals surface area contributed by atoms with E-state index in [1.165, 1.54) is 12.8 Å². The molecule has 2 aliphatic heterocycles. The van der Waals surface area contributed by atoms with E-state index < -0.39 is 0 Å². The quantitative estimate of drug-likeness (QED) is 0.853. The standard InChI is InChI=1S/C17H22Cl2N2O.ClH/c1-10(11-3-6-15(18)16(19)7-11)17(22)21(2)14-8-12-4-5-13(9-14)20-12;/h3,6-7,10,12-14,20H,4-5,8-9H2,1-2H3;1H. The maximum atomic E-state index is 12.8. The second-order valence-electron chi connectivity index (χ2n) is 6.61. The van der Waals surface area contributed by atoms with Crippen LogP contribution in [0.1, 0.15) is 44.1 Å². The number of rotatable bonds is 3. The van der Waals surface area contributed by atoms with Crippen molar-refractivity contribution >= 4 is 41.5 Å². The topological polar surface area (TPSA) is 32.3 Å². The highest BCUT2D eigenvalue weighted by Gasteiger charge is 2.37. The van der Waals surface area contributed by atoms with Gasteiger partial charge >= 0.3 is 0 Å². The number of nitrogens with zero attached hydrogens (tertiary/aromatic N) is 1. The third-order valence-electron chi connectivity index (χ3n) is 5.16. The molecule has 1 aromatic carbocycles. The number of carbonyl (C=O) groups is 1. The fraction of sp³-hybridized carbons (Fsp3) is 0.588. The van der Waals surface area contributed by atoms with Gasteiger partial charge in [0.05, 0.1) is 16.0 Å². The Hall–Kier alpha value is -0.480. The molecule has 2 bridgehead atoms. The molecule has 6 heteroatoms. The summed E-state index contributed by atoms with van der Waals surface area (Å²) in [5.41, 5.74) is 0.920. The molecule has 3 unspecified atom stereocenters. The minimum absolute atomic E-state index is 0. The van der Waals surface area contributed by atoms with E-state index in [1.807, 2.05) is 24.9 Å². The number of amides is 1. The van der Waals surface area contributed by atoms with Gasteiger partial charge in [-0.05, 0) is 50.3 Å². The fourth-order valence-corrected chi connectivity index (χ4v) is 4.06. The molecule has 1 N–H and O–H groups in total. The van der Waals surface area contributed by atoms with Crippen molar-refractivity contribution in [3.05, 3.63) is 33.8 Å². The monoisotopic (exact) mass is 376 g/mol. The number of hydrogen-bond donors (Lipinski definition) is 1. The largest absolute Gasteiger partial charge is 0.342 e. The summed E-state index contributed by atoms with van der Waals surface area (Å²) in [6, 6.07) is 6.95. The summed E-state index contributed by atoms with van der Waals surface area (Å²) in [5, 5.41) is 4.64. The predicted molar refractivity (Wildman–Crippen MR) is 97.9 cm³/mol. The van der Waals surface area contributed by atoms with Crippen molar-refractivity contribution in [1.82, 2.24) is 10.2 Å². The van der Waals surface area contributed by atoms with Crippen molar-refractivity contribution in [1.29, 1.82) is 0 Å². The Balaban J connectivity index is 0.00000192. The molecule has 0 radical (unpaired) electrons. The molecule has 0 aliphatic carbocycles. The zero-order valence-corrected chi connectivity index (χ0v) is 15.7. The van der Waals surface area contributed by atoms with Crippen LogP contribution in [-0.2, 0) is 4.79 Å². The second-order valence-corrected chi connectivity index (χ2v) is 7.42. The highest BCUT2D eigenvalue weighted by molar-refractivity contribution is 6.42. The lowest BCUT2D eigenvalue weighted by Crippen LogP contribution is -2.49. The van der Waals surface area contributed by atoms with E-state index in [0.717, 1.165) is 18.4 Å². The average Bonchev–Trinajstić information content (AvgIpc) is 2.86. The molecule has 3 nitrogen and oxygen atoms in total. The molecule has 0 aromatic heterocycles. The van der Waals surface area contributed by atoms with Crippen molar-refractivity contribution in [2.24, 2.45) is 0 Å². The van der Waals surface area contributed by atoms with Gasteiger partial charge in [-0.15, -0.1) is 12.4 Å². The molecule has 0 spiro atoms. The van der Waals surface area contributed by atoms with Gasteiger partial charge in [0.15, 0.2) is 0 Å². The summed E-state index contributed by atoms with van der Waals surface area (Å²) in [7, 11) is 1.94. The highest BCUT2D eigenvalue weighted by atomic mass is 35.5. The van der Waals surface area contributed by atoms with E-state index in [0.29, 0.717) is 28.2 Å². The summed E-state index contributed by atoms with van der Waals surface area (Å²) in [4.78, 5) is 14.7. The van der Waals surface area contributed by atoms with Crippen molar-refractivity contribution < 1.29 is 4.79 Å². The minimum atomic E-state index is -0.202. The molecule has 2 heterocycles. The van der Waals surface area contributed by atoms with Crippen molar-refractivity contribution in [2.75, 3.05) is 7.05 Å². The third-order valence-corrected chi connectivity index (χ3v) is 5.90. The van der Waals surface area contributed by atoms with Crippen LogP contribution in [0, 0.1) is 0 Å². The molecule has 2 saturated heterocycles. The summed E-state index contributed by atoms with van der Waals surface area (Å²) >= 11 is 12.0. The Bertz CT molecular complexity index is 569. The Morgan fingerprint density at radius 3 is 2.39 bits per heavy atom. The molecule has 3 atom stereocenters. The Labute approximate surface area is 154 Å². The lowest BCUT2D eigenvalue weighted by molar-refractivity contribution is -0.133. The van der Waals surface area contributed by atoms with E-state index in [-0.39, 0.29) is 24.2 Å². The van der Waals surface area contributed by atoms with Crippen LogP contribution in [0.15, 0.2) is 18.2 Å². The Morgan fingerprint density at radius 2 is 1.83 bits per heavy atom. The molecule has 23 heavy (non-hydrogen) atoms. The first-order valence-electron chi connectivity index (χ1n) is 7.93. The molecule has 2 fully saturated rings. The summed E-state index contributed by atoms with van der Waals surface area (Å²) in [6.07, 6.45) is 4.61. The van der Waals surface area contributed by atoms with Gasteiger partial charge in [-0.1, -0.05) is 29.3 Å². The predicted octanol–water partition coefficient (Wildman–Crippen LogP) is 4.26. The van der Waals surface area contributed by atoms with E-state index >= 15 is 0 Å². The number of carbonyl (C=O) groups excluding carboxylic acids is 1. The molecule has 1 amide bonds. The molecule has 0 saturated carbocycles. The maximum Gasteiger partial charge on any atom is 0.229 e. The Morgan fingerprint density at radius 1 is 1.22 bits per heavy atom. The van der Waals surface area contributed by atoms with Crippen LogP contribution in [-0.4, -0.2) is 36.0 Å². The van der Waals surface area contributed by atoms with Crippen LogP contribution in [0.25, 0.3) is 0 Å². The lowest BCUT2D eigenvalue weighted by Gasteiger charge is -2.36. The van der Waals surface area contributed by atoms with Crippen LogP contribution < -0.4 is 5.32 Å².